The van der Waals surface area contributed by atoms with Gasteiger partial charge in [-0.2, -0.15) is 10.2 Å². The Morgan fingerprint density at radius 3 is 2.76 bits per heavy atom. The van der Waals surface area contributed by atoms with E-state index in [0.717, 1.165) is 0 Å². The van der Waals surface area contributed by atoms with Crippen molar-refractivity contribution in [2.75, 3.05) is 12.4 Å². The van der Waals surface area contributed by atoms with E-state index in [9.17, 15) is 9.59 Å². The van der Waals surface area contributed by atoms with Crippen molar-refractivity contribution in [2.45, 2.75) is 19.7 Å². The maximum Gasteiger partial charge on any atom is 0.305 e. The highest BCUT2D eigenvalue weighted by Crippen LogP contribution is 2.08. The lowest BCUT2D eigenvalue weighted by Gasteiger charge is -2.00. The highest BCUT2D eigenvalue weighted by molar-refractivity contribution is 6.03. The molecular formula is C12H15N5O4. The molecule has 0 saturated carbocycles. The van der Waals surface area contributed by atoms with Crippen molar-refractivity contribution in [3.63, 3.8) is 0 Å². The number of aromatic nitrogens is 4. The first-order valence-corrected chi connectivity index (χ1v) is 6.15. The SMILES string of the molecule is COCn1cc(NC(=O)c2cnn(CCC(=O)O)c2)cn1. The van der Waals surface area contributed by atoms with E-state index >= 15 is 0 Å². The van der Waals surface area contributed by atoms with Gasteiger partial charge in [0.15, 0.2) is 0 Å². The van der Waals surface area contributed by atoms with Crippen molar-refractivity contribution in [1.29, 1.82) is 0 Å². The van der Waals surface area contributed by atoms with Crippen LogP contribution in [0.2, 0.25) is 0 Å². The average molecular weight is 293 g/mol. The lowest BCUT2D eigenvalue weighted by molar-refractivity contribution is -0.137. The number of ether oxygens (including phenoxy) is 1. The van der Waals surface area contributed by atoms with Gasteiger partial charge in [-0.1, -0.05) is 0 Å². The first-order valence-electron chi connectivity index (χ1n) is 6.15. The van der Waals surface area contributed by atoms with Crippen LogP contribution in [0, 0.1) is 0 Å². The van der Waals surface area contributed by atoms with Gasteiger partial charge >= 0.3 is 5.97 Å². The fourth-order valence-corrected chi connectivity index (χ4v) is 1.65. The molecule has 0 aliphatic heterocycles. The summed E-state index contributed by atoms with van der Waals surface area (Å²) in [6, 6.07) is 0. The summed E-state index contributed by atoms with van der Waals surface area (Å²) in [6.45, 7) is 0.511. The van der Waals surface area contributed by atoms with E-state index in [1.165, 1.54) is 28.0 Å². The molecule has 2 N–H and O–H groups in total. The molecule has 112 valence electrons. The molecular weight excluding hydrogens is 278 g/mol. The van der Waals surface area contributed by atoms with Crippen LogP contribution in [0.1, 0.15) is 16.8 Å². The Morgan fingerprint density at radius 1 is 1.29 bits per heavy atom. The molecule has 0 unspecified atom stereocenters. The minimum Gasteiger partial charge on any atom is -0.481 e. The number of hydrogen-bond acceptors (Lipinski definition) is 5. The van der Waals surface area contributed by atoms with E-state index in [4.69, 9.17) is 9.84 Å². The van der Waals surface area contributed by atoms with Gasteiger partial charge in [-0.3, -0.25) is 14.3 Å². The molecule has 0 fully saturated rings. The third-order valence-electron chi connectivity index (χ3n) is 2.60. The number of aliphatic carboxylic acids is 1. The van der Waals surface area contributed by atoms with Crippen LogP contribution < -0.4 is 5.32 Å². The normalized spacial score (nSPS) is 10.5. The average Bonchev–Trinajstić information content (AvgIpc) is 3.06. The standard InChI is InChI=1S/C12H15N5O4/c1-21-8-17-7-10(5-14-17)15-12(20)9-4-13-16(6-9)3-2-11(18)19/h4-7H,2-3,8H2,1H3,(H,15,20)(H,18,19). The summed E-state index contributed by atoms with van der Waals surface area (Å²) in [5.41, 5.74) is 0.884. The van der Waals surface area contributed by atoms with Crippen molar-refractivity contribution in [1.82, 2.24) is 19.6 Å². The molecule has 0 saturated heterocycles. The van der Waals surface area contributed by atoms with Crippen LogP contribution in [-0.4, -0.2) is 43.7 Å². The molecule has 0 atom stereocenters. The molecule has 2 aromatic rings. The lowest BCUT2D eigenvalue weighted by Crippen LogP contribution is -2.11. The smallest absolute Gasteiger partial charge is 0.305 e. The summed E-state index contributed by atoms with van der Waals surface area (Å²) < 4.78 is 7.85. The molecule has 0 spiro atoms. The predicted octanol–water partition coefficient (Wildman–Crippen LogP) is 0.410. The van der Waals surface area contributed by atoms with Crippen molar-refractivity contribution in [3.8, 4) is 0 Å². The zero-order valence-electron chi connectivity index (χ0n) is 11.4. The molecule has 0 bridgehead atoms. The minimum absolute atomic E-state index is 0.0491. The Morgan fingerprint density at radius 2 is 2.05 bits per heavy atom. The summed E-state index contributed by atoms with van der Waals surface area (Å²) in [5.74, 6) is -1.25. The lowest BCUT2D eigenvalue weighted by atomic mass is 10.3. The van der Waals surface area contributed by atoms with Crippen molar-refractivity contribution in [2.24, 2.45) is 0 Å². The van der Waals surface area contributed by atoms with Crippen molar-refractivity contribution >= 4 is 17.6 Å². The Kier molecular flexibility index (Phi) is 4.67. The first-order chi connectivity index (χ1) is 10.1. The number of amides is 1. The second-order valence-corrected chi connectivity index (χ2v) is 4.28. The molecule has 9 heteroatoms. The van der Waals surface area contributed by atoms with Crippen molar-refractivity contribution < 1.29 is 19.4 Å². The zero-order valence-corrected chi connectivity index (χ0v) is 11.4. The molecule has 2 rings (SSSR count). The Hall–Kier alpha value is -2.68. The Balaban J connectivity index is 1.94. The minimum atomic E-state index is -0.915. The molecule has 2 heterocycles. The van der Waals surface area contributed by atoms with E-state index in [1.54, 1.807) is 13.3 Å². The summed E-state index contributed by atoms with van der Waals surface area (Å²) in [6.07, 6.45) is 5.98. The fourth-order valence-electron chi connectivity index (χ4n) is 1.65. The number of nitrogens with one attached hydrogen (secondary N) is 1. The third-order valence-corrected chi connectivity index (χ3v) is 2.60. The number of carbonyl (C=O) groups is 2. The number of anilines is 1. The van der Waals surface area contributed by atoms with Crippen LogP contribution in [0.4, 0.5) is 5.69 Å². The fraction of sp³-hybridized carbons (Fsp3) is 0.333. The third kappa shape index (κ3) is 4.14. The second kappa shape index (κ2) is 6.66. The van der Waals surface area contributed by atoms with E-state index in [-0.39, 0.29) is 18.9 Å². The monoisotopic (exact) mass is 293 g/mol. The van der Waals surface area contributed by atoms with Crippen molar-refractivity contribution in [3.05, 3.63) is 30.4 Å². The molecule has 2 aromatic heterocycles. The molecule has 0 aliphatic carbocycles. The molecule has 21 heavy (non-hydrogen) atoms. The highest BCUT2D eigenvalue weighted by Gasteiger charge is 2.10. The van der Waals surface area contributed by atoms with Crippen LogP contribution in [0.3, 0.4) is 0 Å². The topological polar surface area (TPSA) is 111 Å². The number of hydrogen-bond donors (Lipinski definition) is 2. The summed E-state index contributed by atoms with van der Waals surface area (Å²) >= 11 is 0. The van der Waals surface area contributed by atoms with Crippen LogP contribution in [-0.2, 0) is 22.8 Å². The van der Waals surface area contributed by atoms with Crippen LogP contribution in [0.15, 0.2) is 24.8 Å². The van der Waals surface area contributed by atoms with Gasteiger partial charge in [0, 0.05) is 13.3 Å². The number of nitrogens with zero attached hydrogens (tertiary/aromatic N) is 4. The van der Waals surface area contributed by atoms with Crippen LogP contribution in [0.5, 0.6) is 0 Å². The van der Waals surface area contributed by atoms with Gasteiger partial charge in [-0.25, -0.2) is 4.68 Å². The predicted molar refractivity (Wildman–Crippen MR) is 71.7 cm³/mol. The van der Waals surface area contributed by atoms with E-state index in [2.05, 4.69) is 15.5 Å². The Bertz CT molecular complexity index is 633. The van der Waals surface area contributed by atoms with Gasteiger partial charge in [-0.15, -0.1) is 0 Å². The van der Waals surface area contributed by atoms with Crippen LogP contribution in [0.25, 0.3) is 0 Å². The molecule has 9 nitrogen and oxygen atoms in total. The molecule has 0 aromatic carbocycles. The van der Waals surface area contributed by atoms with Gasteiger partial charge in [0.05, 0.1) is 42.8 Å². The largest absolute Gasteiger partial charge is 0.481 e. The Labute approximate surface area is 120 Å². The van der Waals surface area contributed by atoms with E-state index in [0.29, 0.717) is 18.0 Å². The van der Waals surface area contributed by atoms with E-state index < -0.39 is 5.97 Å². The van der Waals surface area contributed by atoms with Gasteiger partial charge in [0.25, 0.3) is 5.91 Å². The summed E-state index contributed by atoms with van der Waals surface area (Å²) in [4.78, 5) is 22.5. The second-order valence-electron chi connectivity index (χ2n) is 4.28. The van der Waals surface area contributed by atoms with Gasteiger partial charge in [-0.05, 0) is 0 Å². The van der Waals surface area contributed by atoms with Gasteiger partial charge < -0.3 is 15.2 Å². The van der Waals surface area contributed by atoms with Gasteiger partial charge in [0.2, 0.25) is 0 Å². The quantitative estimate of drug-likeness (QED) is 0.765. The zero-order chi connectivity index (χ0) is 15.2. The number of carbonyl (C=O) groups excluding carboxylic acids is 1. The number of rotatable bonds is 7. The van der Waals surface area contributed by atoms with E-state index in [1.807, 2.05) is 0 Å². The highest BCUT2D eigenvalue weighted by atomic mass is 16.5. The number of carboxylic acids is 1. The molecule has 0 aliphatic rings. The number of carboxylic acid groups (broad SMARTS) is 1. The summed E-state index contributed by atoms with van der Waals surface area (Å²) in [5, 5.41) is 19.2. The maximum absolute atomic E-state index is 12.0. The first kappa shape index (κ1) is 14.7. The summed E-state index contributed by atoms with van der Waals surface area (Å²) in [7, 11) is 1.55. The number of aryl methyl sites for hydroxylation is 1. The molecule has 1 amide bonds. The molecule has 0 radical (unpaired) electrons. The number of methoxy groups -OCH3 is 1. The maximum atomic E-state index is 12.0. The van der Waals surface area contributed by atoms with Crippen LogP contribution >= 0.6 is 0 Å². The van der Waals surface area contributed by atoms with Gasteiger partial charge in [0.1, 0.15) is 6.73 Å².